The van der Waals surface area contributed by atoms with Crippen molar-refractivity contribution in [2.75, 3.05) is 13.2 Å². The molecule has 2 heteroatoms. The van der Waals surface area contributed by atoms with Crippen LogP contribution in [0.5, 0.6) is 5.75 Å². The minimum atomic E-state index is 0.594. The molecule has 0 fully saturated rings. The van der Waals surface area contributed by atoms with Crippen molar-refractivity contribution in [1.82, 2.24) is 0 Å². The second-order valence-corrected chi connectivity index (χ2v) is 4.04. The topological polar surface area (TPSA) is 35.2 Å². The molecule has 0 heterocycles. The predicted octanol–water partition coefficient (Wildman–Crippen LogP) is 2.84. The van der Waals surface area contributed by atoms with Crippen molar-refractivity contribution in [1.29, 1.82) is 0 Å². The van der Waals surface area contributed by atoms with E-state index < -0.39 is 0 Å². The van der Waals surface area contributed by atoms with Crippen molar-refractivity contribution in [3.8, 4) is 5.75 Å². The van der Waals surface area contributed by atoms with Crippen LogP contribution in [0.3, 0.4) is 0 Å². The summed E-state index contributed by atoms with van der Waals surface area (Å²) >= 11 is 0. The predicted molar refractivity (Wildman–Crippen MR) is 68.9 cm³/mol. The van der Waals surface area contributed by atoms with Crippen LogP contribution in [-0.4, -0.2) is 13.2 Å². The van der Waals surface area contributed by atoms with Crippen LogP contribution < -0.4 is 10.5 Å². The van der Waals surface area contributed by atoms with Crippen molar-refractivity contribution >= 4 is 0 Å². The Hall–Kier alpha value is -1.28. The first-order chi connectivity index (χ1) is 7.67. The molecular formula is C14H21NO. The molecule has 0 bridgehead atoms. The Labute approximate surface area is 98.1 Å². The monoisotopic (exact) mass is 219 g/mol. The summed E-state index contributed by atoms with van der Waals surface area (Å²) in [6, 6.07) is 6.21. The Morgan fingerprint density at radius 3 is 2.81 bits per heavy atom. The molecule has 0 aliphatic rings. The second-order valence-electron chi connectivity index (χ2n) is 4.04. The molecule has 16 heavy (non-hydrogen) atoms. The van der Waals surface area contributed by atoms with Gasteiger partial charge in [0.1, 0.15) is 12.4 Å². The number of benzene rings is 1. The van der Waals surface area contributed by atoms with E-state index in [1.54, 1.807) is 0 Å². The lowest BCUT2D eigenvalue weighted by Crippen LogP contribution is -2.07. The summed E-state index contributed by atoms with van der Waals surface area (Å²) in [5.41, 5.74) is 9.13. The molecule has 0 aliphatic carbocycles. The van der Waals surface area contributed by atoms with E-state index in [2.05, 4.69) is 32.6 Å². The Morgan fingerprint density at radius 1 is 1.44 bits per heavy atom. The molecule has 0 aliphatic heterocycles. The van der Waals surface area contributed by atoms with Crippen LogP contribution in [0.1, 0.15) is 24.5 Å². The van der Waals surface area contributed by atoms with Gasteiger partial charge in [-0.25, -0.2) is 0 Å². The van der Waals surface area contributed by atoms with E-state index >= 15 is 0 Å². The molecular weight excluding hydrogens is 198 g/mol. The summed E-state index contributed by atoms with van der Waals surface area (Å²) in [5.74, 6) is 0.936. The minimum Gasteiger partial charge on any atom is -0.489 e. The van der Waals surface area contributed by atoms with Gasteiger partial charge >= 0.3 is 0 Å². The van der Waals surface area contributed by atoms with Crippen LogP contribution in [0.4, 0.5) is 0 Å². The van der Waals surface area contributed by atoms with Gasteiger partial charge in [-0.3, -0.25) is 0 Å². The SMILES string of the molecule is C=C(CC)COc1ccc(C)cc1CCN. The highest BCUT2D eigenvalue weighted by Gasteiger charge is 2.03. The summed E-state index contributed by atoms with van der Waals surface area (Å²) in [4.78, 5) is 0. The molecule has 0 saturated carbocycles. The van der Waals surface area contributed by atoms with Crippen LogP contribution >= 0.6 is 0 Å². The Bertz CT molecular complexity index is 358. The summed E-state index contributed by atoms with van der Waals surface area (Å²) in [7, 11) is 0. The Balaban J connectivity index is 2.73. The van der Waals surface area contributed by atoms with Crippen LogP contribution in [0, 0.1) is 6.92 Å². The van der Waals surface area contributed by atoms with Crippen molar-refractivity contribution in [2.45, 2.75) is 26.7 Å². The number of hydrogen-bond donors (Lipinski definition) is 1. The van der Waals surface area contributed by atoms with Crippen LogP contribution in [-0.2, 0) is 6.42 Å². The van der Waals surface area contributed by atoms with E-state index in [4.69, 9.17) is 10.5 Å². The van der Waals surface area contributed by atoms with Gasteiger partial charge < -0.3 is 10.5 Å². The van der Waals surface area contributed by atoms with Gasteiger partial charge in [0.15, 0.2) is 0 Å². The normalized spacial score (nSPS) is 10.2. The van der Waals surface area contributed by atoms with Crippen LogP contribution in [0.2, 0.25) is 0 Å². The smallest absolute Gasteiger partial charge is 0.123 e. The number of rotatable bonds is 6. The Morgan fingerprint density at radius 2 is 2.19 bits per heavy atom. The average Bonchev–Trinajstić information content (AvgIpc) is 2.28. The fourth-order valence-corrected chi connectivity index (χ4v) is 1.48. The zero-order chi connectivity index (χ0) is 12.0. The molecule has 0 aromatic heterocycles. The van der Waals surface area contributed by atoms with Gasteiger partial charge in [-0.05, 0) is 43.5 Å². The van der Waals surface area contributed by atoms with Gasteiger partial charge in [-0.2, -0.15) is 0 Å². The van der Waals surface area contributed by atoms with E-state index in [1.165, 1.54) is 11.1 Å². The van der Waals surface area contributed by atoms with Gasteiger partial charge in [0, 0.05) is 0 Å². The van der Waals surface area contributed by atoms with Crippen molar-refractivity contribution in [3.05, 3.63) is 41.5 Å². The van der Waals surface area contributed by atoms with E-state index in [9.17, 15) is 0 Å². The number of ether oxygens (including phenoxy) is 1. The standard InChI is InChI=1S/C14H21NO/c1-4-11(2)10-16-14-6-5-12(3)9-13(14)7-8-15/h5-6,9H,2,4,7-8,10,15H2,1,3H3. The summed E-state index contributed by atoms with van der Waals surface area (Å²) in [6.07, 6.45) is 1.81. The van der Waals surface area contributed by atoms with Gasteiger partial charge in [-0.1, -0.05) is 31.2 Å². The lowest BCUT2D eigenvalue weighted by atomic mass is 10.1. The summed E-state index contributed by atoms with van der Waals surface area (Å²) in [6.45, 7) is 9.34. The molecule has 0 atom stereocenters. The van der Waals surface area contributed by atoms with Crippen LogP contribution in [0.15, 0.2) is 30.4 Å². The molecule has 2 nitrogen and oxygen atoms in total. The van der Waals surface area contributed by atoms with E-state index in [0.717, 1.165) is 24.2 Å². The van der Waals surface area contributed by atoms with E-state index in [0.29, 0.717) is 13.2 Å². The summed E-state index contributed by atoms with van der Waals surface area (Å²) in [5, 5.41) is 0. The molecule has 0 unspecified atom stereocenters. The number of hydrogen-bond acceptors (Lipinski definition) is 2. The van der Waals surface area contributed by atoms with Gasteiger partial charge in [0.25, 0.3) is 0 Å². The highest BCUT2D eigenvalue weighted by atomic mass is 16.5. The second kappa shape index (κ2) is 6.33. The molecule has 1 aromatic carbocycles. The van der Waals surface area contributed by atoms with E-state index in [1.807, 2.05) is 6.07 Å². The largest absolute Gasteiger partial charge is 0.489 e. The minimum absolute atomic E-state index is 0.594. The maximum absolute atomic E-state index is 5.74. The zero-order valence-corrected chi connectivity index (χ0v) is 10.3. The fraction of sp³-hybridized carbons (Fsp3) is 0.429. The molecule has 88 valence electrons. The maximum Gasteiger partial charge on any atom is 0.123 e. The maximum atomic E-state index is 5.74. The number of nitrogens with two attached hydrogens (primary N) is 1. The first kappa shape index (κ1) is 12.8. The average molecular weight is 219 g/mol. The molecule has 0 saturated heterocycles. The lowest BCUT2D eigenvalue weighted by Gasteiger charge is -2.12. The van der Waals surface area contributed by atoms with Crippen molar-refractivity contribution in [2.24, 2.45) is 5.73 Å². The third-order valence-corrected chi connectivity index (χ3v) is 2.56. The quantitative estimate of drug-likeness (QED) is 0.747. The van der Waals surface area contributed by atoms with Gasteiger partial charge in [0.05, 0.1) is 0 Å². The molecule has 0 spiro atoms. The third-order valence-electron chi connectivity index (χ3n) is 2.56. The van der Waals surface area contributed by atoms with Crippen molar-refractivity contribution < 1.29 is 4.74 Å². The molecule has 0 amide bonds. The van der Waals surface area contributed by atoms with Gasteiger partial charge in [0.2, 0.25) is 0 Å². The number of aryl methyl sites for hydroxylation is 1. The third kappa shape index (κ3) is 3.70. The molecule has 1 aromatic rings. The van der Waals surface area contributed by atoms with Crippen LogP contribution in [0.25, 0.3) is 0 Å². The van der Waals surface area contributed by atoms with Gasteiger partial charge in [-0.15, -0.1) is 0 Å². The first-order valence-corrected chi connectivity index (χ1v) is 5.76. The van der Waals surface area contributed by atoms with Crippen molar-refractivity contribution in [3.63, 3.8) is 0 Å². The fourth-order valence-electron chi connectivity index (χ4n) is 1.48. The molecule has 0 radical (unpaired) electrons. The highest BCUT2D eigenvalue weighted by Crippen LogP contribution is 2.21. The Kier molecular flexibility index (Phi) is 5.06. The lowest BCUT2D eigenvalue weighted by molar-refractivity contribution is 0.345. The zero-order valence-electron chi connectivity index (χ0n) is 10.3. The summed E-state index contributed by atoms with van der Waals surface area (Å²) < 4.78 is 5.74. The van der Waals surface area contributed by atoms with E-state index in [-0.39, 0.29) is 0 Å². The molecule has 1 rings (SSSR count). The first-order valence-electron chi connectivity index (χ1n) is 5.76. The molecule has 2 N–H and O–H groups in total. The highest BCUT2D eigenvalue weighted by molar-refractivity contribution is 5.37.